The number of nitrogens with one attached hydrogen (secondary N) is 1. The van der Waals surface area contributed by atoms with Gasteiger partial charge in [-0.25, -0.2) is 0 Å². The molecule has 3 fully saturated rings. The minimum absolute atomic E-state index is 0.190. The van der Waals surface area contributed by atoms with Gasteiger partial charge in [-0.2, -0.15) is 0 Å². The number of hydrogen-bond donors (Lipinski definition) is 1. The van der Waals surface area contributed by atoms with Crippen molar-refractivity contribution >= 4 is 5.91 Å². The summed E-state index contributed by atoms with van der Waals surface area (Å²) in [6, 6.07) is 0.682. The molecule has 0 bridgehead atoms. The highest BCUT2D eigenvalue weighted by atomic mass is 16.5. The van der Waals surface area contributed by atoms with Gasteiger partial charge in [0.2, 0.25) is 5.91 Å². The molecule has 5 nitrogen and oxygen atoms in total. The number of carbonyl (C=O) groups excluding carboxylic acids is 1. The zero-order valence-corrected chi connectivity index (χ0v) is 12.6. The number of piperazine rings is 1. The summed E-state index contributed by atoms with van der Waals surface area (Å²) in [7, 11) is 2.23. The van der Waals surface area contributed by atoms with Gasteiger partial charge in [-0.3, -0.25) is 14.6 Å². The maximum Gasteiger partial charge on any atom is 0.220 e. The Bertz CT molecular complexity index is 357. The topological polar surface area (TPSA) is 44.8 Å². The van der Waals surface area contributed by atoms with E-state index < -0.39 is 0 Å². The van der Waals surface area contributed by atoms with Crippen LogP contribution >= 0.6 is 0 Å². The summed E-state index contributed by atoms with van der Waals surface area (Å²) >= 11 is 0. The summed E-state index contributed by atoms with van der Waals surface area (Å²) in [5.74, 6) is 0.221. The van der Waals surface area contributed by atoms with Crippen LogP contribution in [0.4, 0.5) is 0 Å². The summed E-state index contributed by atoms with van der Waals surface area (Å²) in [6.07, 6.45) is 5.07. The van der Waals surface area contributed by atoms with Crippen molar-refractivity contribution in [1.82, 2.24) is 15.1 Å². The number of amides is 1. The van der Waals surface area contributed by atoms with Crippen molar-refractivity contribution in [3.05, 3.63) is 0 Å². The lowest BCUT2D eigenvalue weighted by atomic mass is 9.85. The SMILES string of the molecule is CN1CCN(C2CCOCC2)C[C@]12CCNC(=O)CC2. The largest absolute Gasteiger partial charge is 0.381 e. The van der Waals surface area contributed by atoms with Crippen LogP contribution in [0, 0.1) is 0 Å². The first-order valence-corrected chi connectivity index (χ1v) is 7.99. The molecule has 0 aromatic carbocycles. The highest BCUT2D eigenvalue weighted by Crippen LogP contribution is 2.32. The normalized spacial score (nSPS) is 35.0. The van der Waals surface area contributed by atoms with Crippen molar-refractivity contribution in [3.8, 4) is 0 Å². The van der Waals surface area contributed by atoms with Crippen molar-refractivity contribution in [2.75, 3.05) is 46.4 Å². The monoisotopic (exact) mass is 281 g/mol. The maximum atomic E-state index is 11.6. The number of rotatable bonds is 1. The fourth-order valence-corrected chi connectivity index (χ4v) is 3.99. The Morgan fingerprint density at radius 2 is 2.05 bits per heavy atom. The van der Waals surface area contributed by atoms with Crippen LogP contribution in [0.3, 0.4) is 0 Å². The Balaban J connectivity index is 1.70. The van der Waals surface area contributed by atoms with Crippen LogP contribution in [-0.4, -0.2) is 73.7 Å². The van der Waals surface area contributed by atoms with Crippen LogP contribution in [0.25, 0.3) is 0 Å². The molecule has 3 saturated heterocycles. The Kier molecular flexibility index (Phi) is 4.29. The smallest absolute Gasteiger partial charge is 0.220 e. The van der Waals surface area contributed by atoms with Gasteiger partial charge in [-0.1, -0.05) is 0 Å². The Hall–Kier alpha value is -0.650. The first-order valence-electron chi connectivity index (χ1n) is 7.99. The van der Waals surface area contributed by atoms with E-state index in [2.05, 4.69) is 22.2 Å². The van der Waals surface area contributed by atoms with Crippen LogP contribution in [0.2, 0.25) is 0 Å². The number of ether oxygens (including phenoxy) is 1. The third kappa shape index (κ3) is 2.85. The zero-order valence-electron chi connectivity index (χ0n) is 12.6. The molecular formula is C15H27N3O2. The average molecular weight is 281 g/mol. The molecule has 0 saturated carbocycles. The second-order valence-electron chi connectivity index (χ2n) is 6.56. The molecule has 0 aromatic rings. The Labute approximate surface area is 121 Å². The highest BCUT2D eigenvalue weighted by molar-refractivity contribution is 5.76. The van der Waals surface area contributed by atoms with Crippen molar-refractivity contribution in [2.45, 2.75) is 43.7 Å². The summed E-state index contributed by atoms with van der Waals surface area (Å²) in [5, 5.41) is 3.03. The van der Waals surface area contributed by atoms with Crippen LogP contribution in [0.5, 0.6) is 0 Å². The van der Waals surface area contributed by atoms with Gasteiger partial charge >= 0.3 is 0 Å². The van der Waals surface area contributed by atoms with Crippen LogP contribution in [0.1, 0.15) is 32.1 Å². The van der Waals surface area contributed by atoms with Crippen LogP contribution in [-0.2, 0) is 9.53 Å². The van der Waals surface area contributed by atoms with Gasteiger partial charge in [0, 0.05) is 57.4 Å². The van der Waals surface area contributed by atoms with Crippen molar-refractivity contribution in [3.63, 3.8) is 0 Å². The van der Waals surface area contributed by atoms with E-state index >= 15 is 0 Å². The van der Waals surface area contributed by atoms with Crippen molar-refractivity contribution < 1.29 is 9.53 Å². The lowest BCUT2D eigenvalue weighted by molar-refractivity contribution is -0.121. The molecule has 114 valence electrons. The molecule has 0 aliphatic carbocycles. The van der Waals surface area contributed by atoms with Gasteiger partial charge in [0.15, 0.2) is 0 Å². The number of nitrogens with zero attached hydrogens (tertiary/aromatic N) is 2. The minimum atomic E-state index is 0.190. The van der Waals surface area contributed by atoms with E-state index in [1.165, 1.54) is 0 Å². The summed E-state index contributed by atoms with van der Waals surface area (Å²) in [4.78, 5) is 16.8. The lowest BCUT2D eigenvalue weighted by Crippen LogP contribution is -2.63. The van der Waals surface area contributed by atoms with E-state index in [0.29, 0.717) is 12.5 Å². The standard InChI is InChI=1S/C15H27N3O2/c1-17-8-9-18(13-3-10-20-11-4-13)12-15(17)5-2-14(19)16-7-6-15/h13H,2-12H2,1H3,(H,16,19)/t15-/m0/s1. The molecule has 1 spiro atoms. The van der Waals surface area contributed by atoms with Gasteiger partial charge < -0.3 is 10.1 Å². The molecule has 5 heteroatoms. The van der Waals surface area contributed by atoms with E-state index in [1.807, 2.05) is 0 Å². The molecule has 0 unspecified atom stereocenters. The second-order valence-corrected chi connectivity index (χ2v) is 6.56. The maximum absolute atomic E-state index is 11.6. The van der Waals surface area contributed by atoms with Gasteiger partial charge in [-0.15, -0.1) is 0 Å². The fourth-order valence-electron chi connectivity index (χ4n) is 3.99. The molecule has 20 heavy (non-hydrogen) atoms. The molecule has 3 heterocycles. The Morgan fingerprint density at radius 1 is 1.25 bits per heavy atom. The number of likely N-dealkylation sites (N-methyl/N-ethyl adjacent to an activating group) is 1. The third-order valence-electron chi connectivity index (χ3n) is 5.47. The first-order chi connectivity index (χ1) is 9.70. The molecule has 1 atom stereocenters. The molecule has 3 aliphatic heterocycles. The van der Waals surface area contributed by atoms with Crippen molar-refractivity contribution in [1.29, 1.82) is 0 Å². The summed E-state index contributed by atoms with van der Waals surface area (Å²) < 4.78 is 5.49. The van der Waals surface area contributed by atoms with Gasteiger partial charge in [-0.05, 0) is 32.7 Å². The predicted octanol–water partition coefficient (Wildman–Crippen LogP) is 0.452. The zero-order chi connectivity index (χ0) is 14.0. The average Bonchev–Trinajstić information content (AvgIpc) is 2.66. The first kappa shape index (κ1) is 14.3. The molecule has 3 aliphatic rings. The quantitative estimate of drug-likeness (QED) is 0.758. The van der Waals surface area contributed by atoms with E-state index in [9.17, 15) is 4.79 Å². The second kappa shape index (κ2) is 6.00. The van der Waals surface area contributed by atoms with Crippen molar-refractivity contribution in [2.24, 2.45) is 0 Å². The summed E-state index contributed by atoms with van der Waals surface area (Å²) in [6.45, 7) is 6.03. The van der Waals surface area contributed by atoms with E-state index in [-0.39, 0.29) is 11.4 Å². The third-order valence-corrected chi connectivity index (χ3v) is 5.47. The van der Waals surface area contributed by atoms with Crippen LogP contribution < -0.4 is 5.32 Å². The fraction of sp³-hybridized carbons (Fsp3) is 0.933. The van der Waals surface area contributed by atoms with Gasteiger partial charge in [0.25, 0.3) is 0 Å². The molecule has 1 N–H and O–H groups in total. The number of carbonyl (C=O) groups is 1. The highest BCUT2D eigenvalue weighted by Gasteiger charge is 2.42. The van der Waals surface area contributed by atoms with Gasteiger partial charge in [0.05, 0.1) is 0 Å². The van der Waals surface area contributed by atoms with E-state index in [0.717, 1.165) is 65.1 Å². The molecule has 0 aromatic heterocycles. The minimum Gasteiger partial charge on any atom is -0.381 e. The molecule has 0 radical (unpaired) electrons. The van der Waals surface area contributed by atoms with Crippen LogP contribution in [0.15, 0.2) is 0 Å². The lowest BCUT2D eigenvalue weighted by Gasteiger charge is -2.51. The van der Waals surface area contributed by atoms with E-state index in [4.69, 9.17) is 4.74 Å². The summed E-state index contributed by atoms with van der Waals surface area (Å²) in [5.41, 5.74) is 0.190. The Morgan fingerprint density at radius 3 is 2.85 bits per heavy atom. The molecular weight excluding hydrogens is 254 g/mol. The van der Waals surface area contributed by atoms with Gasteiger partial charge in [0.1, 0.15) is 0 Å². The molecule has 3 rings (SSSR count). The number of hydrogen-bond acceptors (Lipinski definition) is 4. The predicted molar refractivity (Wildman–Crippen MR) is 77.6 cm³/mol. The molecule has 1 amide bonds. The van der Waals surface area contributed by atoms with E-state index in [1.54, 1.807) is 0 Å².